The van der Waals surface area contributed by atoms with Gasteiger partial charge in [0.15, 0.2) is 6.61 Å². The molecule has 1 fully saturated rings. The lowest BCUT2D eigenvalue weighted by Gasteiger charge is -2.17. The highest BCUT2D eigenvalue weighted by molar-refractivity contribution is 7.89. The van der Waals surface area contributed by atoms with E-state index in [1.165, 1.54) is 35.7 Å². The zero-order valence-corrected chi connectivity index (χ0v) is 16.0. The highest BCUT2D eigenvalue weighted by Gasteiger charge is 2.33. The molecular formula is C17H20N4O6S. The summed E-state index contributed by atoms with van der Waals surface area (Å²) in [6.45, 7) is 0.262. The molecule has 10 nitrogen and oxygen atoms in total. The summed E-state index contributed by atoms with van der Waals surface area (Å²) in [7, 11) is -2.19. The molecule has 1 saturated heterocycles. The number of amides is 1. The molecule has 0 radical (unpaired) electrons. The third-order valence-electron chi connectivity index (χ3n) is 4.06. The standard InChI is InChI=1S/C17H20N4O6S/c1-25-16-6-7-17(20-19-16)27-13-8-9-21(10-13)28(23,24)14-4-2-12(3-5-14)26-11-15(18)22/h2-7,13H,8-11H2,1H3,(H2,18,22). The minimum Gasteiger partial charge on any atom is -0.484 e. The molecule has 0 saturated carbocycles. The number of aromatic nitrogens is 2. The van der Waals surface area contributed by atoms with Crippen LogP contribution in [0.4, 0.5) is 0 Å². The van der Waals surface area contributed by atoms with E-state index in [1.54, 1.807) is 12.1 Å². The fourth-order valence-electron chi connectivity index (χ4n) is 2.67. The zero-order chi connectivity index (χ0) is 20.1. The lowest BCUT2D eigenvalue weighted by Crippen LogP contribution is -2.31. The van der Waals surface area contributed by atoms with Crippen molar-refractivity contribution in [2.75, 3.05) is 26.8 Å². The second kappa shape index (κ2) is 8.40. The van der Waals surface area contributed by atoms with Crippen molar-refractivity contribution in [1.82, 2.24) is 14.5 Å². The van der Waals surface area contributed by atoms with E-state index < -0.39 is 15.9 Å². The molecule has 1 unspecified atom stereocenters. The van der Waals surface area contributed by atoms with E-state index >= 15 is 0 Å². The van der Waals surface area contributed by atoms with Crippen molar-refractivity contribution in [3.63, 3.8) is 0 Å². The van der Waals surface area contributed by atoms with E-state index in [1.807, 2.05) is 0 Å². The summed E-state index contributed by atoms with van der Waals surface area (Å²) in [6.07, 6.45) is 0.211. The largest absolute Gasteiger partial charge is 0.484 e. The maximum atomic E-state index is 12.8. The number of hydrogen-bond donors (Lipinski definition) is 1. The molecule has 1 aliphatic heterocycles. The van der Waals surface area contributed by atoms with Crippen LogP contribution in [0.2, 0.25) is 0 Å². The Labute approximate surface area is 162 Å². The minimum absolute atomic E-state index is 0.129. The Bertz CT molecular complexity index is 918. The second-order valence-electron chi connectivity index (χ2n) is 6.03. The summed E-state index contributed by atoms with van der Waals surface area (Å²) in [5.41, 5.74) is 5.01. The fourth-order valence-corrected chi connectivity index (χ4v) is 4.16. The molecule has 1 aliphatic rings. The van der Waals surface area contributed by atoms with Gasteiger partial charge in [-0.05, 0) is 30.7 Å². The van der Waals surface area contributed by atoms with Gasteiger partial charge in [0.25, 0.3) is 5.91 Å². The average molecular weight is 408 g/mol. The molecule has 1 aromatic heterocycles. The number of methoxy groups -OCH3 is 1. The number of carbonyl (C=O) groups is 1. The summed E-state index contributed by atoms with van der Waals surface area (Å²) in [5.74, 6) is 0.423. The summed E-state index contributed by atoms with van der Waals surface area (Å²) in [5, 5.41) is 7.70. The molecular weight excluding hydrogens is 388 g/mol. The molecule has 2 N–H and O–H groups in total. The number of sulfonamides is 1. The van der Waals surface area contributed by atoms with E-state index in [0.29, 0.717) is 30.5 Å². The summed E-state index contributed by atoms with van der Waals surface area (Å²) >= 11 is 0. The highest BCUT2D eigenvalue weighted by atomic mass is 32.2. The summed E-state index contributed by atoms with van der Waals surface area (Å²) in [6, 6.07) is 9.05. The first kappa shape index (κ1) is 19.8. The van der Waals surface area contributed by atoms with Gasteiger partial charge in [-0.2, -0.15) is 4.31 Å². The van der Waals surface area contributed by atoms with Crippen LogP contribution in [-0.2, 0) is 14.8 Å². The molecule has 1 atom stereocenters. The lowest BCUT2D eigenvalue weighted by atomic mass is 10.3. The molecule has 11 heteroatoms. The number of hydrogen-bond acceptors (Lipinski definition) is 8. The lowest BCUT2D eigenvalue weighted by molar-refractivity contribution is -0.119. The van der Waals surface area contributed by atoms with Gasteiger partial charge in [-0.3, -0.25) is 4.79 Å². The Balaban J connectivity index is 1.62. The van der Waals surface area contributed by atoms with Crippen LogP contribution in [0.3, 0.4) is 0 Å². The van der Waals surface area contributed by atoms with Crippen molar-refractivity contribution in [1.29, 1.82) is 0 Å². The van der Waals surface area contributed by atoms with Crippen LogP contribution in [-0.4, -0.2) is 61.7 Å². The van der Waals surface area contributed by atoms with Crippen molar-refractivity contribution >= 4 is 15.9 Å². The van der Waals surface area contributed by atoms with Crippen molar-refractivity contribution < 1.29 is 27.4 Å². The molecule has 0 aliphatic carbocycles. The molecule has 150 valence electrons. The zero-order valence-electron chi connectivity index (χ0n) is 15.1. The molecule has 2 aromatic rings. The first-order chi connectivity index (χ1) is 13.4. The van der Waals surface area contributed by atoms with Gasteiger partial charge in [-0.25, -0.2) is 8.42 Å². The van der Waals surface area contributed by atoms with Gasteiger partial charge < -0.3 is 19.9 Å². The Kier molecular flexibility index (Phi) is 5.95. The van der Waals surface area contributed by atoms with Crippen LogP contribution in [0.25, 0.3) is 0 Å². The second-order valence-corrected chi connectivity index (χ2v) is 7.97. The first-order valence-electron chi connectivity index (χ1n) is 8.44. The third kappa shape index (κ3) is 4.67. The number of rotatable bonds is 8. The van der Waals surface area contributed by atoms with E-state index in [2.05, 4.69) is 10.2 Å². The van der Waals surface area contributed by atoms with Gasteiger partial charge in [0.05, 0.1) is 18.6 Å². The van der Waals surface area contributed by atoms with Crippen LogP contribution in [0.15, 0.2) is 41.3 Å². The molecule has 0 spiro atoms. The fraction of sp³-hybridized carbons (Fsp3) is 0.353. The maximum absolute atomic E-state index is 12.8. The van der Waals surface area contributed by atoms with Crippen LogP contribution in [0, 0.1) is 0 Å². The normalized spacial score (nSPS) is 17.2. The topological polar surface area (TPSA) is 134 Å². The van der Waals surface area contributed by atoms with E-state index in [4.69, 9.17) is 19.9 Å². The number of ether oxygens (including phenoxy) is 3. The Morgan fingerprint density at radius 2 is 1.86 bits per heavy atom. The molecule has 2 heterocycles. The molecule has 1 amide bonds. The van der Waals surface area contributed by atoms with Gasteiger partial charge in [0.1, 0.15) is 11.9 Å². The number of carbonyl (C=O) groups excluding carboxylic acids is 1. The number of benzene rings is 1. The quantitative estimate of drug-likeness (QED) is 0.654. The monoisotopic (exact) mass is 408 g/mol. The number of nitrogens with two attached hydrogens (primary N) is 1. The van der Waals surface area contributed by atoms with E-state index in [0.717, 1.165) is 0 Å². The van der Waals surface area contributed by atoms with Gasteiger partial charge in [-0.1, -0.05) is 0 Å². The van der Waals surface area contributed by atoms with Crippen LogP contribution < -0.4 is 19.9 Å². The highest BCUT2D eigenvalue weighted by Crippen LogP contribution is 2.25. The third-order valence-corrected chi connectivity index (χ3v) is 5.94. The summed E-state index contributed by atoms with van der Waals surface area (Å²) in [4.78, 5) is 10.9. The first-order valence-corrected chi connectivity index (χ1v) is 9.88. The van der Waals surface area contributed by atoms with E-state index in [-0.39, 0.29) is 24.2 Å². The van der Waals surface area contributed by atoms with Gasteiger partial charge >= 0.3 is 0 Å². The predicted molar refractivity (Wildman–Crippen MR) is 97.5 cm³/mol. The predicted octanol–water partition coefficient (Wildman–Crippen LogP) is 0.191. The SMILES string of the molecule is COc1ccc(OC2CCN(S(=O)(=O)c3ccc(OCC(N)=O)cc3)C2)nn1. The van der Waals surface area contributed by atoms with Gasteiger partial charge in [-0.15, -0.1) is 10.2 Å². The van der Waals surface area contributed by atoms with Crippen LogP contribution >= 0.6 is 0 Å². The molecule has 0 bridgehead atoms. The number of primary amides is 1. The van der Waals surface area contributed by atoms with Crippen LogP contribution in [0.1, 0.15) is 6.42 Å². The Hall–Kier alpha value is -2.92. The Morgan fingerprint density at radius 3 is 2.46 bits per heavy atom. The van der Waals surface area contributed by atoms with Gasteiger partial charge in [0.2, 0.25) is 21.8 Å². The van der Waals surface area contributed by atoms with Gasteiger partial charge in [0, 0.05) is 18.7 Å². The van der Waals surface area contributed by atoms with Crippen LogP contribution in [0.5, 0.6) is 17.5 Å². The molecule has 28 heavy (non-hydrogen) atoms. The number of nitrogens with zero attached hydrogens (tertiary/aromatic N) is 3. The van der Waals surface area contributed by atoms with Crippen molar-refractivity contribution in [2.45, 2.75) is 17.4 Å². The summed E-state index contributed by atoms with van der Waals surface area (Å²) < 4.78 is 42.7. The maximum Gasteiger partial charge on any atom is 0.255 e. The molecule has 3 rings (SSSR count). The Morgan fingerprint density at radius 1 is 1.18 bits per heavy atom. The van der Waals surface area contributed by atoms with E-state index in [9.17, 15) is 13.2 Å². The average Bonchev–Trinajstić information content (AvgIpc) is 3.16. The molecule has 1 aromatic carbocycles. The van der Waals surface area contributed by atoms with Crippen molar-refractivity contribution in [3.8, 4) is 17.5 Å². The minimum atomic E-state index is -3.67. The smallest absolute Gasteiger partial charge is 0.255 e. The van der Waals surface area contributed by atoms with Crippen molar-refractivity contribution in [2.24, 2.45) is 5.73 Å². The van der Waals surface area contributed by atoms with Crippen molar-refractivity contribution in [3.05, 3.63) is 36.4 Å².